The molecule has 0 aliphatic heterocycles. The molecule has 0 fully saturated rings. The van der Waals surface area contributed by atoms with Gasteiger partial charge in [0.05, 0.1) is 0 Å². The normalized spacial score (nSPS) is 10.3. The van der Waals surface area contributed by atoms with Crippen molar-refractivity contribution >= 4 is 33.4 Å². The van der Waals surface area contributed by atoms with E-state index in [1.165, 1.54) is 6.92 Å². The van der Waals surface area contributed by atoms with Gasteiger partial charge in [-0.3, -0.25) is 9.59 Å². The van der Waals surface area contributed by atoms with Crippen molar-refractivity contribution in [3.05, 3.63) is 28.2 Å². The molecule has 1 rings (SSSR count). The molecule has 0 bridgehead atoms. The molecular formula is C16H23BrN2O2. The molecule has 0 radical (unpaired) electrons. The van der Waals surface area contributed by atoms with E-state index in [4.69, 9.17) is 0 Å². The summed E-state index contributed by atoms with van der Waals surface area (Å²) in [6.45, 7) is 9.24. The number of halogens is 1. The molecule has 0 aromatic heterocycles. The first-order valence-corrected chi connectivity index (χ1v) is 8.02. The second-order valence-corrected chi connectivity index (χ2v) is 5.77. The molecule has 4 nitrogen and oxygen atoms in total. The van der Waals surface area contributed by atoms with Crippen LogP contribution in [0.15, 0.2) is 22.7 Å². The molecule has 0 aliphatic carbocycles. The number of anilines is 1. The molecule has 0 heterocycles. The van der Waals surface area contributed by atoms with Crippen LogP contribution in [0.2, 0.25) is 0 Å². The maximum Gasteiger partial charge on any atom is 0.224 e. The molecule has 21 heavy (non-hydrogen) atoms. The van der Waals surface area contributed by atoms with E-state index in [0.29, 0.717) is 26.1 Å². The van der Waals surface area contributed by atoms with E-state index in [1.807, 2.05) is 39.0 Å². The summed E-state index contributed by atoms with van der Waals surface area (Å²) in [5, 5.41) is 0. The van der Waals surface area contributed by atoms with Gasteiger partial charge in [-0.1, -0.05) is 22.0 Å². The van der Waals surface area contributed by atoms with E-state index in [-0.39, 0.29) is 11.8 Å². The Morgan fingerprint density at radius 2 is 1.81 bits per heavy atom. The van der Waals surface area contributed by atoms with Crippen molar-refractivity contribution in [2.75, 3.05) is 24.5 Å². The Bertz CT molecular complexity index is 513. The van der Waals surface area contributed by atoms with Crippen LogP contribution in [-0.2, 0) is 9.59 Å². The summed E-state index contributed by atoms with van der Waals surface area (Å²) in [5.41, 5.74) is 1.92. The molecule has 0 atom stereocenters. The fourth-order valence-electron chi connectivity index (χ4n) is 2.16. The van der Waals surface area contributed by atoms with E-state index in [9.17, 15) is 9.59 Å². The first-order valence-electron chi connectivity index (χ1n) is 7.22. The van der Waals surface area contributed by atoms with Crippen LogP contribution >= 0.6 is 15.9 Å². The van der Waals surface area contributed by atoms with Gasteiger partial charge in [-0.15, -0.1) is 0 Å². The van der Waals surface area contributed by atoms with Crippen molar-refractivity contribution in [3.8, 4) is 0 Å². The number of hydrogen-bond donors (Lipinski definition) is 0. The Labute approximate surface area is 135 Å². The van der Waals surface area contributed by atoms with Crippen LogP contribution in [0.1, 0.15) is 32.8 Å². The third-order valence-electron chi connectivity index (χ3n) is 3.51. The highest BCUT2D eigenvalue weighted by Crippen LogP contribution is 2.24. The second kappa shape index (κ2) is 8.17. The quantitative estimate of drug-likeness (QED) is 0.785. The van der Waals surface area contributed by atoms with E-state index in [1.54, 1.807) is 9.80 Å². The average Bonchev–Trinajstić information content (AvgIpc) is 2.43. The molecular weight excluding hydrogens is 332 g/mol. The van der Waals surface area contributed by atoms with Gasteiger partial charge in [0.15, 0.2) is 0 Å². The smallest absolute Gasteiger partial charge is 0.224 e. The van der Waals surface area contributed by atoms with Crippen molar-refractivity contribution in [2.45, 2.75) is 34.1 Å². The van der Waals surface area contributed by atoms with Crippen LogP contribution in [-0.4, -0.2) is 36.3 Å². The topological polar surface area (TPSA) is 40.6 Å². The number of aryl methyl sites for hydroxylation is 1. The zero-order chi connectivity index (χ0) is 16.0. The summed E-state index contributed by atoms with van der Waals surface area (Å²) in [4.78, 5) is 27.3. The van der Waals surface area contributed by atoms with Gasteiger partial charge < -0.3 is 9.80 Å². The highest BCUT2D eigenvalue weighted by atomic mass is 79.9. The van der Waals surface area contributed by atoms with Crippen molar-refractivity contribution < 1.29 is 9.59 Å². The van der Waals surface area contributed by atoms with E-state index in [2.05, 4.69) is 15.9 Å². The molecule has 1 aromatic carbocycles. The maximum absolute atomic E-state index is 12.1. The van der Waals surface area contributed by atoms with E-state index in [0.717, 1.165) is 15.7 Å². The molecule has 116 valence electrons. The molecule has 2 amide bonds. The van der Waals surface area contributed by atoms with Gasteiger partial charge in [-0.25, -0.2) is 0 Å². The minimum atomic E-state index is -0.0573. The van der Waals surface area contributed by atoms with Gasteiger partial charge >= 0.3 is 0 Å². The van der Waals surface area contributed by atoms with Gasteiger partial charge in [0.1, 0.15) is 0 Å². The number of rotatable bonds is 6. The second-order valence-electron chi connectivity index (χ2n) is 4.92. The zero-order valence-corrected chi connectivity index (χ0v) is 14.7. The Balaban J connectivity index is 2.81. The predicted molar refractivity (Wildman–Crippen MR) is 89.5 cm³/mol. The summed E-state index contributed by atoms with van der Waals surface area (Å²) in [6.07, 6.45) is 0.340. The SMILES string of the molecule is CCN(CC)C(=O)CCN(C(C)=O)c1ccc(C)c(Br)c1. The zero-order valence-electron chi connectivity index (χ0n) is 13.1. The first kappa shape index (κ1) is 17.7. The lowest BCUT2D eigenvalue weighted by Gasteiger charge is -2.24. The lowest BCUT2D eigenvalue weighted by atomic mass is 10.2. The average molecular weight is 355 g/mol. The van der Waals surface area contributed by atoms with Crippen LogP contribution in [0.4, 0.5) is 5.69 Å². The Kier molecular flexibility index (Phi) is 6.89. The van der Waals surface area contributed by atoms with Gasteiger partial charge in [-0.05, 0) is 38.5 Å². The Morgan fingerprint density at radius 1 is 1.19 bits per heavy atom. The minimum absolute atomic E-state index is 0.0573. The van der Waals surface area contributed by atoms with Gasteiger partial charge in [0.25, 0.3) is 0 Å². The fourth-order valence-corrected chi connectivity index (χ4v) is 2.53. The number of amides is 2. The van der Waals surface area contributed by atoms with Gasteiger partial charge in [0.2, 0.25) is 11.8 Å². The fraction of sp³-hybridized carbons (Fsp3) is 0.500. The summed E-state index contributed by atoms with van der Waals surface area (Å²) in [7, 11) is 0. The van der Waals surface area contributed by atoms with Crippen LogP contribution in [0.25, 0.3) is 0 Å². The lowest BCUT2D eigenvalue weighted by Crippen LogP contribution is -2.36. The third kappa shape index (κ3) is 4.84. The van der Waals surface area contributed by atoms with Crippen LogP contribution < -0.4 is 4.90 Å². The molecule has 0 saturated carbocycles. The molecule has 0 saturated heterocycles. The molecule has 0 aliphatic rings. The van der Waals surface area contributed by atoms with Crippen LogP contribution in [0, 0.1) is 6.92 Å². The summed E-state index contributed by atoms with van der Waals surface area (Å²) in [5.74, 6) is 0.0236. The van der Waals surface area contributed by atoms with E-state index < -0.39 is 0 Å². The molecule has 0 spiro atoms. The molecule has 0 N–H and O–H groups in total. The number of benzene rings is 1. The number of carbonyl (C=O) groups excluding carboxylic acids is 2. The van der Waals surface area contributed by atoms with Crippen molar-refractivity contribution in [3.63, 3.8) is 0 Å². The third-order valence-corrected chi connectivity index (χ3v) is 4.37. The lowest BCUT2D eigenvalue weighted by molar-refractivity contribution is -0.130. The standard InChI is InChI=1S/C16H23BrN2O2/c1-5-18(6-2)16(21)9-10-19(13(4)20)14-8-7-12(3)15(17)11-14/h7-8,11H,5-6,9-10H2,1-4H3. The first-order chi connectivity index (χ1) is 9.90. The highest BCUT2D eigenvalue weighted by molar-refractivity contribution is 9.10. The molecule has 1 aromatic rings. The van der Waals surface area contributed by atoms with Crippen LogP contribution in [0.5, 0.6) is 0 Å². The monoisotopic (exact) mass is 354 g/mol. The molecule has 0 unspecified atom stereocenters. The van der Waals surface area contributed by atoms with Gasteiger partial charge in [0, 0.05) is 43.1 Å². The summed E-state index contributed by atoms with van der Waals surface area (Å²) < 4.78 is 0.960. The Hall–Kier alpha value is -1.36. The van der Waals surface area contributed by atoms with Crippen molar-refractivity contribution in [1.29, 1.82) is 0 Å². The largest absolute Gasteiger partial charge is 0.343 e. The number of carbonyl (C=O) groups is 2. The van der Waals surface area contributed by atoms with Crippen LogP contribution in [0.3, 0.4) is 0 Å². The van der Waals surface area contributed by atoms with E-state index >= 15 is 0 Å². The predicted octanol–water partition coefficient (Wildman–Crippen LogP) is 3.37. The van der Waals surface area contributed by atoms with Crippen molar-refractivity contribution in [2.24, 2.45) is 0 Å². The Morgan fingerprint density at radius 3 is 2.29 bits per heavy atom. The van der Waals surface area contributed by atoms with Gasteiger partial charge in [-0.2, -0.15) is 0 Å². The number of hydrogen-bond acceptors (Lipinski definition) is 2. The maximum atomic E-state index is 12.1. The highest BCUT2D eigenvalue weighted by Gasteiger charge is 2.16. The number of nitrogens with zero attached hydrogens (tertiary/aromatic N) is 2. The molecule has 5 heteroatoms. The van der Waals surface area contributed by atoms with Crippen molar-refractivity contribution in [1.82, 2.24) is 4.90 Å². The minimum Gasteiger partial charge on any atom is -0.343 e. The summed E-state index contributed by atoms with van der Waals surface area (Å²) in [6, 6.07) is 5.78. The summed E-state index contributed by atoms with van der Waals surface area (Å²) >= 11 is 3.48.